The maximum atomic E-state index is 4.82. The highest BCUT2D eigenvalue weighted by Gasteiger charge is 2.25. The van der Waals surface area contributed by atoms with Crippen LogP contribution in [0.5, 0.6) is 0 Å². The lowest BCUT2D eigenvalue weighted by Gasteiger charge is -2.28. The van der Waals surface area contributed by atoms with Gasteiger partial charge in [0.1, 0.15) is 5.01 Å². The minimum atomic E-state index is 0.429. The maximum absolute atomic E-state index is 4.82. The number of aromatic nitrogens is 4. The van der Waals surface area contributed by atoms with Crippen molar-refractivity contribution in [2.75, 3.05) is 20.1 Å². The Balaban J connectivity index is 1.74. The molecule has 4 rings (SSSR count). The van der Waals surface area contributed by atoms with Crippen LogP contribution in [-0.2, 0) is 0 Å². The Labute approximate surface area is 140 Å². The summed E-state index contributed by atoms with van der Waals surface area (Å²) >= 11 is 1.62. The number of likely N-dealkylation sites (N-methyl/N-ethyl adjacent to an activating group) is 1. The molecule has 0 radical (unpaired) electrons. The average molecular weight is 327 g/mol. The van der Waals surface area contributed by atoms with Crippen molar-refractivity contribution in [3.8, 4) is 10.6 Å². The molecule has 0 spiro atoms. The van der Waals surface area contributed by atoms with E-state index in [1.807, 2.05) is 4.52 Å². The standard InChI is InChI=1S/C17H21N5S/c1-11-7-12(2)9-14(8-11)16-20-22-15(18-19-17(22)23-16)13-5-4-6-21(3)10-13/h7-9,13H,4-6,10H2,1-3H3. The molecular weight excluding hydrogens is 306 g/mol. The van der Waals surface area contributed by atoms with E-state index in [4.69, 9.17) is 5.10 Å². The summed E-state index contributed by atoms with van der Waals surface area (Å²) in [5.41, 5.74) is 3.70. The van der Waals surface area contributed by atoms with Gasteiger partial charge in [-0.05, 0) is 52.4 Å². The molecule has 3 heterocycles. The van der Waals surface area contributed by atoms with Gasteiger partial charge in [0.2, 0.25) is 4.96 Å². The zero-order valence-electron chi connectivity index (χ0n) is 13.8. The molecule has 1 fully saturated rings. The highest BCUT2D eigenvalue weighted by atomic mass is 32.1. The van der Waals surface area contributed by atoms with Crippen molar-refractivity contribution in [1.82, 2.24) is 24.7 Å². The van der Waals surface area contributed by atoms with Gasteiger partial charge in [0.05, 0.1) is 0 Å². The van der Waals surface area contributed by atoms with Crippen molar-refractivity contribution in [1.29, 1.82) is 0 Å². The van der Waals surface area contributed by atoms with Crippen LogP contribution in [0.25, 0.3) is 15.5 Å². The van der Waals surface area contributed by atoms with E-state index in [-0.39, 0.29) is 0 Å². The van der Waals surface area contributed by atoms with Crippen LogP contribution in [-0.4, -0.2) is 44.8 Å². The topological polar surface area (TPSA) is 46.3 Å². The van der Waals surface area contributed by atoms with Gasteiger partial charge in [-0.3, -0.25) is 0 Å². The summed E-state index contributed by atoms with van der Waals surface area (Å²) in [4.78, 5) is 3.26. The molecule has 1 saturated heterocycles. The van der Waals surface area contributed by atoms with Crippen LogP contribution in [0.4, 0.5) is 0 Å². The van der Waals surface area contributed by atoms with E-state index in [2.05, 4.69) is 54.2 Å². The predicted molar refractivity (Wildman–Crippen MR) is 93.0 cm³/mol. The molecule has 5 nitrogen and oxygen atoms in total. The minimum Gasteiger partial charge on any atom is -0.306 e. The monoisotopic (exact) mass is 327 g/mol. The van der Waals surface area contributed by atoms with Gasteiger partial charge in [-0.15, -0.1) is 10.2 Å². The predicted octanol–water partition coefficient (Wildman–Crippen LogP) is 3.28. The van der Waals surface area contributed by atoms with E-state index in [1.54, 1.807) is 11.3 Å². The Kier molecular flexibility index (Phi) is 3.66. The Bertz CT molecular complexity index is 830. The summed E-state index contributed by atoms with van der Waals surface area (Å²) in [6.07, 6.45) is 2.38. The van der Waals surface area contributed by atoms with Crippen LogP contribution >= 0.6 is 11.3 Å². The number of rotatable bonds is 2. The fourth-order valence-electron chi connectivity index (χ4n) is 3.48. The number of benzene rings is 1. The van der Waals surface area contributed by atoms with Crippen LogP contribution in [0.1, 0.15) is 35.7 Å². The molecule has 1 unspecified atom stereocenters. The largest absolute Gasteiger partial charge is 0.306 e. The molecule has 0 saturated carbocycles. The summed E-state index contributed by atoms with van der Waals surface area (Å²) in [6.45, 7) is 6.46. The van der Waals surface area contributed by atoms with Crippen molar-refractivity contribution in [3.05, 3.63) is 35.2 Å². The molecule has 1 aliphatic rings. The lowest BCUT2D eigenvalue weighted by atomic mass is 9.98. The quantitative estimate of drug-likeness (QED) is 0.725. The minimum absolute atomic E-state index is 0.429. The lowest BCUT2D eigenvalue weighted by Crippen LogP contribution is -2.31. The number of aryl methyl sites for hydroxylation is 2. The average Bonchev–Trinajstić information content (AvgIpc) is 3.06. The smallest absolute Gasteiger partial charge is 0.234 e. The van der Waals surface area contributed by atoms with Crippen LogP contribution in [0.3, 0.4) is 0 Å². The molecule has 3 aromatic rings. The number of hydrogen-bond acceptors (Lipinski definition) is 5. The van der Waals surface area contributed by atoms with E-state index >= 15 is 0 Å². The summed E-state index contributed by atoms with van der Waals surface area (Å²) in [6, 6.07) is 6.56. The first-order valence-corrected chi connectivity index (χ1v) is 8.91. The third-order valence-corrected chi connectivity index (χ3v) is 5.42. The summed E-state index contributed by atoms with van der Waals surface area (Å²) in [5, 5.41) is 14.6. The Morgan fingerprint density at radius 3 is 2.65 bits per heavy atom. The molecule has 1 atom stereocenters. The number of nitrogens with zero attached hydrogens (tertiary/aromatic N) is 5. The van der Waals surface area contributed by atoms with Gasteiger partial charge in [-0.2, -0.15) is 9.61 Å². The maximum Gasteiger partial charge on any atom is 0.234 e. The fraction of sp³-hybridized carbons (Fsp3) is 0.471. The van der Waals surface area contributed by atoms with E-state index in [0.29, 0.717) is 5.92 Å². The Morgan fingerprint density at radius 2 is 1.91 bits per heavy atom. The normalized spacial score (nSPS) is 19.5. The van der Waals surface area contributed by atoms with Gasteiger partial charge in [0.25, 0.3) is 0 Å². The molecular formula is C17H21N5S. The molecule has 23 heavy (non-hydrogen) atoms. The van der Waals surface area contributed by atoms with Gasteiger partial charge in [-0.1, -0.05) is 28.5 Å². The third-order valence-electron chi connectivity index (χ3n) is 4.47. The van der Waals surface area contributed by atoms with Crippen molar-refractivity contribution in [3.63, 3.8) is 0 Å². The number of likely N-dealkylation sites (tertiary alicyclic amines) is 1. The van der Waals surface area contributed by atoms with Crippen LogP contribution in [0.15, 0.2) is 18.2 Å². The molecule has 2 aromatic heterocycles. The first-order chi connectivity index (χ1) is 11.1. The van der Waals surface area contributed by atoms with Crippen molar-refractivity contribution < 1.29 is 0 Å². The van der Waals surface area contributed by atoms with Gasteiger partial charge in [-0.25, -0.2) is 0 Å². The van der Waals surface area contributed by atoms with Crippen LogP contribution < -0.4 is 0 Å². The van der Waals surface area contributed by atoms with Gasteiger partial charge in [0.15, 0.2) is 5.82 Å². The second kappa shape index (κ2) is 5.69. The summed E-state index contributed by atoms with van der Waals surface area (Å²) < 4.78 is 1.96. The third kappa shape index (κ3) is 2.77. The molecule has 0 amide bonds. The first-order valence-electron chi connectivity index (χ1n) is 8.09. The number of hydrogen-bond donors (Lipinski definition) is 0. The van der Waals surface area contributed by atoms with E-state index in [1.165, 1.54) is 36.1 Å². The van der Waals surface area contributed by atoms with E-state index in [0.717, 1.165) is 22.3 Å². The zero-order chi connectivity index (χ0) is 16.0. The number of fused-ring (bicyclic) bond motifs is 1. The summed E-state index contributed by atoms with van der Waals surface area (Å²) in [7, 11) is 2.17. The van der Waals surface area contributed by atoms with Gasteiger partial charge in [0, 0.05) is 18.0 Å². The van der Waals surface area contributed by atoms with Gasteiger partial charge < -0.3 is 4.90 Å². The molecule has 0 bridgehead atoms. The first kappa shape index (κ1) is 14.8. The SMILES string of the molecule is Cc1cc(C)cc(-c2nn3c(C4CCCN(C)C4)nnc3s2)c1. The molecule has 120 valence electrons. The van der Waals surface area contributed by atoms with Crippen molar-refractivity contribution >= 4 is 16.3 Å². The van der Waals surface area contributed by atoms with Crippen molar-refractivity contribution in [2.24, 2.45) is 0 Å². The molecule has 1 aliphatic heterocycles. The number of piperidine rings is 1. The molecule has 1 aromatic carbocycles. The second-order valence-corrected chi connectivity index (χ2v) is 7.59. The summed E-state index contributed by atoms with van der Waals surface area (Å²) in [5.74, 6) is 1.44. The van der Waals surface area contributed by atoms with E-state index in [9.17, 15) is 0 Å². The molecule has 0 N–H and O–H groups in total. The Morgan fingerprint density at radius 1 is 1.13 bits per heavy atom. The highest BCUT2D eigenvalue weighted by molar-refractivity contribution is 7.19. The van der Waals surface area contributed by atoms with E-state index < -0.39 is 0 Å². The molecule has 6 heteroatoms. The second-order valence-electron chi connectivity index (χ2n) is 6.64. The molecule has 0 aliphatic carbocycles. The van der Waals surface area contributed by atoms with Gasteiger partial charge >= 0.3 is 0 Å². The van der Waals surface area contributed by atoms with Crippen LogP contribution in [0.2, 0.25) is 0 Å². The van der Waals surface area contributed by atoms with Crippen LogP contribution in [0, 0.1) is 13.8 Å². The lowest BCUT2D eigenvalue weighted by molar-refractivity contribution is 0.244. The zero-order valence-corrected chi connectivity index (χ0v) is 14.6. The Hall–Kier alpha value is -1.79. The van der Waals surface area contributed by atoms with Crippen molar-refractivity contribution in [2.45, 2.75) is 32.6 Å². The fourth-order valence-corrected chi connectivity index (χ4v) is 4.31. The highest BCUT2D eigenvalue weighted by Crippen LogP contribution is 2.30.